The molecule has 0 bridgehead atoms. The molecule has 1 atom stereocenters. The van der Waals surface area contributed by atoms with Gasteiger partial charge in [-0.3, -0.25) is 5.10 Å². The predicted octanol–water partition coefficient (Wildman–Crippen LogP) is 4.64. The number of nitrogens with one attached hydrogen (secondary N) is 3. The minimum absolute atomic E-state index is 0. The normalized spacial score (nSPS) is 15.0. The van der Waals surface area contributed by atoms with Gasteiger partial charge < -0.3 is 20.4 Å². The summed E-state index contributed by atoms with van der Waals surface area (Å²) >= 11 is 1.63. The van der Waals surface area contributed by atoms with E-state index in [1.807, 2.05) is 63.2 Å². The smallest absolute Gasteiger partial charge is 0.319 e. The summed E-state index contributed by atoms with van der Waals surface area (Å²) in [5.74, 6) is 1.39. The number of aromatic nitrogens is 4. The molecule has 9 nitrogen and oxygen atoms in total. The SMILES string of the molecule is Cc1cc2c(Nc3n[nH]c4c3CN(C(=O)N[C@H](CN(C)C)c3ccccc3)C4(C)C)ncnc2s1.S. The van der Waals surface area contributed by atoms with Gasteiger partial charge in [0.05, 0.1) is 29.2 Å². The molecule has 4 heterocycles. The van der Waals surface area contributed by atoms with E-state index in [1.165, 1.54) is 4.88 Å². The monoisotopic (exact) mass is 524 g/mol. The van der Waals surface area contributed by atoms with Gasteiger partial charge >= 0.3 is 6.03 Å². The largest absolute Gasteiger partial charge is 0.330 e. The average molecular weight is 525 g/mol. The number of rotatable bonds is 6. The quantitative estimate of drug-likeness (QED) is 0.340. The van der Waals surface area contributed by atoms with Crippen LogP contribution in [0.25, 0.3) is 10.2 Å². The van der Waals surface area contributed by atoms with Crippen molar-refractivity contribution in [2.45, 2.75) is 38.9 Å². The Morgan fingerprint density at radius 3 is 2.69 bits per heavy atom. The Balaban J connectivity index is 0.00000304. The second kappa shape index (κ2) is 10.1. The second-order valence-electron chi connectivity index (χ2n) is 9.67. The van der Waals surface area contributed by atoms with E-state index >= 15 is 0 Å². The number of benzene rings is 1. The number of carbonyl (C=O) groups is 1. The summed E-state index contributed by atoms with van der Waals surface area (Å²) in [6.45, 7) is 7.27. The van der Waals surface area contributed by atoms with Crippen molar-refractivity contribution < 1.29 is 4.79 Å². The maximum absolute atomic E-state index is 13.6. The lowest BCUT2D eigenvalue weighted by Crippen LogP contribution is -2.48. The van der Waals surface area contributed by atoms with Crippen LogP contribution in [-0.2, 0) is 12.1 Å². The van der Waals surface area contributed by atoms with E-state index in [9.17, 15) is 4.79 Å². The Bertz CT molecular complexity index is 1370. The van der Waals surface area contributed by atoms with Gasteiger partial charge in [-0.2, -0.15) is 18.6 Å². The number of aryl methyl sites for hydroxylation is 1. The Kier molecular flexibility index (Phi) is 7.26. The second-order valence-corrected chi connectivity index (χ2v) is 10.9. The number of urea groups is 1. The fourth-order valence-corrected chi connectivity index (χ4v) is 5.49. The summed E-state index contributed by atoms with van der Waals surface area (Å²) in [5, 5.41) is 15.3. The first-order valence-corrected chi connectivity index (χ1v) is 12.4. The van der Waals surface area contributed by atoms with Crippen LogP contribution in [-0.4, -0.2) is 56.6 Å². The molecule has 0 aliphatic carbocycles. The highest BCUT2D eigenvalue weighted by atomic mass is 32.1. The number of likely N-dealkylation sites (N-methyl/N-ethyl adjacent to an activating group) is 1. The number of anilines is 2. The number of hydrogen-bond donors (Lipinski definition) is 3. The molecule has 1 aliphatic heterocycles. The molecule has 5 rings (SSSR count). The van der Waals surface area contributed by atoms with Gasteiger partial charge in [-0.05, 0) is 46.5 Å². The molecule has 0 saturated carbocycles. The summed E-state index contributed by atoms with van der Waals surface area (Å²) in [7, 11) is 4.02. The van der Waals surface area contributed by atoms with E-state index in [2.05, 4.69) is 48.7 Å². The number of nitrogens with zero attached hydrogens (tertiary/aromatic N) is 5. The fraction of sp³-hybridized carbons (Fsp3) is 0.360. The number of aromatic amines is 1. The zero-order chi connectivity index (χ0) is 24.7. The first kappa shape index (κ1) is 25.9. The van der Waals surface area contributed by atoms with Crippen molar-refractivity contribution in [1.29, 1.82) is 0 Å². The van der Waals surface area contributed by atoms with Gasteiger partial charge in [-0.25, -0.2) is 14.8 Å². The van der Waals surface area contributed by atoms with Crippen LogP contribution >= 0.6 is 24.8 Å². The Labute approximate surface area is 221 Å². The third-order valence-corrected chi connectivity index (χ3v) is 7.41. The molecule has 0 saturated heterocycles. The summed E-state index contributed by atoms with van der Waals surface area (Å²) < 4.78 is 0. The number of thiophene rings is 1. The predicted molar refractivity (Wildman–Crippen MR) is 149 cm³/mol. The van der Waals surface area contributed by atoms with E-state index in [1.54, 1.807) is 17.7 Å². The van der Waals surface area contributed by atoms with Crippen molar-refractivity contribution in [2.75, 3.05) is 26.0 Å². The number of amides is 2. The molecule has 4 aromatic rings. The van der Waals surface area contributed by atoms with Crippen LogP contribution in [0.4, 0.5) is 16.4 Å². The van der Waals surface area contributed by atoms with Crippen LogP contribution < -0.4 is 10.6 Å². The van der Waals surface area contributed by atoms with E-state index in [-0.39, 0.29) is 25.6 Å². The number of hydrogen-bond acceptors (Lipinski definition) is 7. The maximum Gasteiger partial charge on any atom is 0.319 e. The molecule has 1 aliphatic rings. The molecule has 0 fully saturated rings. The summed E-state index contributed by atoms with van der Waals surface area (Å²) in [4.78, 5) is 28.4. The van der Waals surface area contributed by atoms with Crippen molar-refractivity contribution >= 4 is 52.7 Å². The van der Waals surface area contributed by atoms with E-state index in [0.29, 0.717) is 24.7 Å². The Hall–Kier alpha value is -3.15. The molecule has 190 valence electrons. The molecular weight excluding hydrogens is 492 g/mol. The third kappa shape index (κ3) is 4.78. The molecule has 3 N–H and O–H groups in total. The summed E-state index contributed by atoms with van der Waals surface area (Å²) in [5.41, 5.74) is 2.41. The van der Waals surface area contributed by atoms with Crippen molar-refractivity contribution in [2.24, 2.45) is 0 Å². The average Bonchev–Trinajstić information content (AvgIpc) is 3.47. The Morgan fingerprint density at radius 2 is 1.97 bits per heavy atom. The third-order valence-electron chi connectivity index (χ3n) is 6.45. The molecule has 1 aromatic carbocycles. The highest BCUT2D eigenvalue weighted by Crippen LogP contribution is 2.41. The van der Waals surface area contributed by atoms with Crippen LogP contribution in [0, 0.1) is 6.92 Å². The molecule has 0 spiro atoms. The van der Waals surface area contributed by atoms with Crippen molar-refractivity contribution in [3.05, 3.63) is 64.4 Å². The van der Waals surface area contributed by atoms with Crippen molar-refractivity contribution in [3.63, 3.8) is 0 Å². The molecular formula is C25H32N8OS2. The van der Waals surface area contributed by atoms with Gasteiger partial charge in [0.1, 0.15) is 17.0 Å². The van der Waals surface area contributed by atoms with Crippen LogP contribution in [0.3, 0.4) is 0 Å². The zero-order valence-electron chi connectivity index (χ0n) is 21.1. The lowest BCUT2D eigenvalue weighted by Gasteiger charge is -2.34. The highest BCUT2D eigenvalue weighted by molar-refractivity contribution is 7.59. The molecule has 0 unspecified atom stereocenters. The minimum atomic E-state index is -0.550. The van der Waals surface area contributed by atoms with E-state index in [0.717, 1.165) is 27.0 Å². The summed E-state index contributed by atoms with van der Waals surface area (Å²) in [6.07, 6.45) is 1.56. The van der Waals surface area contributed by atoms with Crippen molar-refractivity contribution in [3.8, 4) is 0 Å². The first-order chi connectivity index (χ1) is 16.7. The van der Waals surface area contributed by atoms with Gasteiger partial charge in [0.15, 0.2) is 5.82 Å². The van der Waals surface area contributed by atoms with Crippen LogP contribution in [0.2, 0.25) is 0 Å². The van der Waals surface area contributed by atoms with Gasteiger partial charge in [0, 0.05) is 17.0 Å². The first-order valence-electron chi connectivity index (χ1n) is 11.6. The molecule has 36 heavy (non-hydrogen) atoms. The number of fused-ring (bicyclic) bond motifs is 2. The van der Waals surface area contributed by atoms with Gasteiger partial charge in [-0.1, -0.05) is 30.3 Å². The van der Waals surface area contributed by atoms with E-state index in [4.69, 9.17) is 0 Å². The molecule has 2 amide bonds. The lowest BCUT2D eigenvalue weighted by atomic mass is 10.0. The van der Waals surface area contributed by atoms with Gasteiger partial charge in [0.25, 0.3) is 0 Å². The van der Waals surface area contributed by atoms with Gasteiger partial charge in [0.2, 0.25) is 0 Å². The standard InChI is InChI=1S/C25H30N8OS.H2S/c1-15-11-17-21(26-14-27-23(17)35-15)29-22-18-12-33(25(2,3)20(18)30-31-22)24(34)28-19(13-32(4)5)16-9-7-6-8-10-16;/h6-11,14,19H,12-13H2,1-5H3,(H,28,34)(H2,26,27,29,30,31);1H2/t19-;/m1./s1. The number of carbonyl (C=O) groups excluding carboxylic acids is 1. The minimum Gasteiger partial charge on any atom is -0.330 e. The van der Waals surface area contributed by atoms with Crippen LogP contribution in [0.15, 0.2) is 42.7 Å². The fourth-order valence-electron chi connectivity index (χ4n) is 4.64. The van der Waals surface area contributed by atoms with Gasteiger partial charge in [-0.15, -0.1) is 11.3 Å². The Morgan fingerprint density at radius 1 is 1.22 bits per heavy atom. The van der Waals surface area contributed by atoms with Crippen LogP contribution in [0.1, 0.15) is 41.6 Å². The molecule has 3 aromatic heterocycles. The topological polar surface area (TPSA) is 102 Å². The summed E-state index contributed by atoms with van der Waals surface area (Å²) in [6, 6.07) is 11.9. The maximum atomic E-state index is 13.6. The van der Waals surface area contributed by atoms with Crippen molar-refractivity contribution in [1.82, 2.24) is 35.3 Å². The molecule has 11 heteroatoms. The molecule has 0 radical (unpaired) electrons. The zero-order valence-corrected chi connectivity index (χ0v) is 22.9. The number of H-pyrrole nitrogens is 1. The highest BCUT2D eigenvalue weighted by Gasteiger charge is 2.44. The lowest BCUT2D eigenvalue weighted by molar-refractivity contribution is 0.138. The van der Waals surface area contributed by atoms with Crippen LogP contribution in [0.5, 0.6) is 0 Å². The van der Waals surface area contributed by atoms with E-state index < -0.39 is 5.54 Å².